The molecular weight excluding hydrogens is 220 g/mol. The molecule has 2 aromatic rings. The molecule has 1 unspecified atom stereocenters. The quantitative estimate of drug-likeness (QED) is 0.848. The van der Waals surface area contributed by atoms with E-state index in [4.69, 9.17) is 10.4 Å². The molecule has 2 rings (SSSR count). The molecule has 0 aliphatic heterocycles. The van der Waals surface area contributed by atoms with Crippen molar-refractivity contribution in [1.82, 2.24) is 5.32 Å². The van der Waals surface area contributed by atoms with Crippen LogP contribution in [-0.4, -0.2) is 18.3 Å². The molecule has 1 atom stereocenters. The van der Waals surface area contributed by atoms with E-state index < -0.39 is 0 Å². The fraction of sp³-hybridized carbons (Fsp3) is 0.250. The third-order valence-electron chi connectivity index (χ3n) is 2.41. The van der Waals surface area contributed by atoms with Gasteiger partial charge in [0.1, 0.15) is 6.04 Å². The van der Waals surface area contributed by atoms with Gasteiger partial charge < -0.3 is 5.11 Å². The number of nitriles is 1. The van der Waals surface area contributed by atoms with Crippen molar-refractivity contribution in [3.05, 3.63) is 35.2 Å². The molecular formula is C12H12N2OS. The highest BCUT2D eigenvalue weighted by Gasteiger charge is 2.13. The van der Waals surface area contributed by atoms with Gasteiger partial charge in [-0.2, -0.15) is 5.26 Å². The van der Waals surface area contributed by atoms with Gasteiger partial charge >= 0.3 is 0 Å². The second-order valence-electron chi connectivity index (χ2n) is 3.43. The average molecular weight is 232 g/mol. The Labute approximate surface area is 97.9 Å². The molecule has 0 aliphatic rings. The minimum absolute atomic E-state index is 0.0419. The van der Waals surface area contributed by atoms with Crippen molar-refractivity contribution in [1.29, 1.82) is 5.26 Å². The van der Waals surface area contributed by atoms with E-state index in [1.807, 2.05) is 29.6 Å². The van der Waals surface area contributed by atoms with Crippen LogP contribution in [-0.2, 0) is 0 Å². The lowest BCUT2D eigenvalue weighted by Crippen LogP contribution is -2.22. The number of hydrogen-bond acceptors (Lipinski definition) is 4. The number of benzene rings is 1. The second kappa shape index (κ2) is 5.08. The molecule has 3 nitrogen and oxygen atoms in total. The first-order chi connectivity index (χ1) is 7.86. The molecule has 0 aliphatic carbocycles. The summed E-state index contributed by atoms with van der Waals surface area (Å²) >= 11 is 1.64. The molecule has 1 aromatic carbocycles. The van der Waals surface area contributed by atoms with Gasteiger partial charge in [-0.25, -0.2) is 0 Å². The Balaban J connectivity index is 2.34. The van der Waals surface area contributed by atoms with E-state index >= 15 is 0 Å². The van der Waals surface area contributed by atoms with Gasteiger partial charge in [-0.1, -0.05) is 18.2 Å². The lowest BCUT2D eigenvalue weighted by atomic mass is 10.1. The van der Waals surface area contributed by atoms with Crippen molar-refractivity contribution in [2.75, 3.05) is 13.2 Å². The SMILES string of the molecule is N#CC(NCCO)c1csc2ccccc12. The Morgan fingerprint density at radius 2 is 2.25 bits per heavy atom. The number of aliphatic hydroxyl groups excluding tert-OH is 1. The molecule has 0 fully saturated rings. The van der Waals surface area contributed by atoms with Crippen LogP contribution in [0.3, 0.4) is 0 Å². The number of fused-ring (bicyclic) bond motifs is 1. The van der Waals surface area contributed by atoms with E-state index in [2.05, 4.69) is 11.4 Å². The summed E-state index contributed by atoms with van der Waals surface area (Å²) in [5, 5.41) is 24.0. The maximum Gasteiger partial charge on any atom is 0.122 e. The molecule has 0 saturated heterocycles. The third-order valence-corrected chi connectivity index (χ3v) is 3.39. The Bertz CT molecular complexity index is 515. The number of hydrogen-bond donors (Lipinski definition) is 2. The van der Waals surface area contributed by atoms with E-state index in [0.717, 1.165) is 10.9 Å². The topological polar surface area (TPSA) is 56.0 Å². The van der Waals surface area contributed by atoms with Crippen molar-refractivity contribution in [3.8, 4) is 6.07 Å². The summed E-state index contributed by atoms with van der Waals surface area (Å²) in [6.07, 6.45) is 0. The highest BCUT2D eigenvalue weighted by Crippen LogP contribution is 2.29. The van der Waals surface area contributed by atoms with Gasteiger partial charge in [0, 0.05) is 16.8 Å². The highest BCUT2D eigenvalue weighted by atomic mass is 32.1. The van der Waals surface area contributed by atoms with Gasteiger partial charge in [-0.15, -0.1) is 11.3 Å². The van der Waals surface area contributed by atoms with E-state index in [0.29, 0.717) is 6.54 Å². The van der Waals surface area contributed by atoms with Gasteiger partial charge in [0.25, 0.3) is 0 Å². The van der Waals surface area contributed by atoms with Gasteiger partial charge in [0.2, 0.25) is 0 Å². The van der Waals surface area contributed by atoms with Crippen LogP contribution in [0, 0.1) is 11.3 Å². The largest absolute Gasteiger partial charge is 0.395 e. The summed E-state index contributed by atoms with van der Waals surface area (Å²) in [7, 11) is 0. The molecule has 1 heterocycles. The molecule has 1 aromatic heterocycles. The zero-order valence-corrected chi connectivity index (χ0v) is 9.50. The Morgan fingerprint density at radius 3 is 3.00 bits per heavy atom. The van der Waals surface area contributed by atoms with E-state index in [-0.39, 0.29) is 12.6 Å². The predicted molar refractivity (Wildman–Crippen MR) is 65.3 cm³/mol. The first kappa shape index (κ1) is 11.1. The van der Waals surface area contributed by atoms with Crippen LogP contribution in [0.5, 0.6) is 0 Å². The van der Waals surface area contributed by atoms with E-state index in [9.17, 15) is 0 Å². The highest BCUT2D eigenvalue weighted by molar-refractivity contribution is 7.17. The molecule has 0 amide bonds. The summed E-state index contributed by atoms with van der Waals surface area (Å²) in [5.41, 5.74) is 0.997. The Morgan fingerprint density at radius 1 is 1.44 bits per heavy atom. The Kier molecular flexibility index (Phi) is 3.52. The lowest BCUT2D eigenvalue weighted by Gasteiger charge is -2.09. The molecule has 16 heavy (non-hydrogen) atoms. The molecule has 0 radical (unpaired) electrons. The van der Waals surface area contributed by atoms with Gasteiger partial charge in [-0.05, 0) is 16.8 Å². The third kappa shape index (κ3) is 2.07. The van der Waals surface area contributed by atoms with Gasteiger partial charge in [-0.3, -0.25) is 5.32 Å². The standard InChI is InChI=1S/C12H12N2OS/c13-7-11(14-5-6-15)10-8-16-12-4-2-1-3-9(10)12/h1-4,8,11,14-15H,5-6H2. The van der Waals surface area contributed by atoms with Crippen LogP contribution in [0.1, 0.15) is 11.6 Å². The molecule has 0 saturated carbocycles. The number of nitrogens with one attached hydrogen (secondary N) is 1. The molecule has 0 spiro atoms. The predicted octanol–water partition coefficient (Wildman–Crippen LogP) is 2.05. The zero-order valence-electron chi connectivity index (χ0n) is 8.68. The van der Waals surface area contributed by atoms with Gasteiger partial charge in [0.05, 0.1) is 12.7 Å². The van der Waals surface area contributed by atoms with Crippen molar-refractivity contribution < 1.29 is 5.11 Å². The smallest absolute Gasteiger partial charge is 0.122 e. The van der Waals surface area contributed by atoms with Crippen molar-refractivity contribution in [2.45, 2.75) is 6.04 Å². The number of rotatable bonds is 4. The maximum absolute atomic E-state index is 9.09. The fourth-order valence-corrected chi connectivity index (χ4v) is 2.64. The minimum Gasteiger partial charge on any atom is -0.395 e. The summed E-state index contributed by atoms with van der Waals surface area (Å²) in [6, 6.07) is 9.90. The van der Waals surface area contributed by atoms with E-state index in [1.165, 1.54) is 4.70 Å². The summed E-state index contributed by atoms with van der Waals surface area (Å²) in [5.74, 6) is 0. The minimum atomic E-state index is -0.344. The number of aliphatic hydroxyl groups is 1. The van der Waals surface area contributed by atoms with Crippen LogP contribution in [0.4, 0.5) is 0 Å². The average Bonchev–Trinajstić information content (AvgIpc) is 2.75. The van der Waals surface area contributed by atoms with E-state index in [1.54, 1.807) is 11.3 Å². The lowest BCUT2D eigenvalue weighted by molar-refractivity contribution is 0.289. The molecule has 0 bridgehead atoms. The number of nitrogens with zero attached hydrogens (tertiary/aromatic N) is 1. The summed E-state index contributed by atoms with van der Waals surface area (Å²) in [6.45, 7) is 0.475. The van der Waals surface area contributed by atoms with Crippen LogP contribution >= 0.6 is 11.3 Å². The molecule has 4 heteroatoms. The molecule has 2 N–H and O–H groups in total. The van der Waals surface area contributed by atoms with Crippen LogP contribution in [0.25, 0.3) is 10.1 Å². The van der Waals surface area contributed by atoms with Crippen LogP contribution in [0.15, 0.2) is 29.6 Å². The summed E-state index contributed by atoms with van der Waals surface area (Å²) in [4.78, 5) is 0. The normalized spacial score (nSPS) is 12.5. The maximum atomic E-state index is 9.09. The van der Waals surface area contributed by atoms with Crippen LogP contribution < -0.4 is 5.32 Å². The zero-order chi connectivity index (χ0) is 11.4. The van der Waals surface area contributed by atoms with Crippen LogP contribution in [0.2, 0.25) is 0 Å². The fourth-order valence-electron chi connectivity index (χ4n) is 1.66. The Hall–Kier alpha value is -1.41. The number of thiophene rings is 1. The van der Waals surface area contributed by atoms with Crippen molar-refractivity contribution >= 4 is 21.4 Å². The second-order valence-corrected chi connectivity index (χ2v) is 4.34. The first-order valence-corrected chi connectivity index (χ1v) is 5.94. The van der Waals surface area contributed by atoms with Gasteiger partial charge in [0.15, 0.2) is 0 Å². The monoisotopic (exact) mass is 232 g/mol. The van der Waals surface area contributed by atoms with Crippen molar-refractivity contribution in [3.63, 3.8) is 0 Å². The molecule has 82 valence electrons. The summed E-state index contributed by atoms with van der Waals surface area (Å²) < 4.78 is 1.18. The first-order valence-electron chi connectivity index (χ1n) is 5.07. The van der Waals surface area contributed by atoms with Crippen molar-refractivity contribution in [2.24, 2.45) is 0 Å².